The minimum Gasteiger partial charge on any atom is -0.320 e. The molecule has 0 aliphatic heterocycles. The molecule has 0 unspecified atom stereocenters. The third kappa shape index (κ3) is 1.54. The highest BCUT2D eigenvalue weighted by atomic mass is 15.3. The summed E-state index contributed by atoms with van der Waals surface area (Å²) in [6, 6.07) is 10.2. The second-order valence-corrected chi connectivity index (χ2v) is 3.48. The molecule has 0 fully saturated rings. The zero-order valence-corrected chi connectivity index (χ0v) is 8.88. The first-order chi connectivity index (χ1) is 7.24. The molecule has 0 saturated carbocycles. The molecule has 0 aliphatic carbocycles. The van der Waals surface area contributed by atoms with Crippen molar-refractivity contribution in [2.75, 3.05) is 0 Å². The maximum atomic E-state index is 5.33. The van der Waals surface area contributed by atoms with Gasteiger partial charge in [0.1, 0.15) is 0 Å². The molecule has 1 aromatic heterocycles. The third-order valence-electron chi connectivity index (χ3n) is 2.48. The first kappa shape index (κ1) is 9.58. The monoisotopic (exact) mass is 202 g/mol. The number of aryl methyl sites for hydroxylation is 1. The minimum absolute atomic E-state index is 0.744. The molecule has 0 radical (unpaired) electrons. The largest absolute Gasteiger partial charge is 0.320 e. The van der Waals surface area contributed by atoms with Crippen molar-refractivity contribution in [1.82, 2.24) is 9.13 Å². The Hall–Kier alpha value is -1.97. The van der Waals surface area contributed by atoms with Crippen molar-refractivity contribution in [1.29, 1.82) is 0 Å². The maximum Gasteiger partial charge on any atom is 0.226 e. The van der Waals surface area contributed by atoms with Crippen molar-refractivity contribution < 1.29 is 0 Å². The van der Waals surface area contributed by atoms with Gasteiger partial charge in [-0.3, -0.25) is 0 Å². The van der Waals surface area contributed by atoms with Crippen LogP contribution in [-0.4, -0.2) is 9.13 Å². The van der Waals surface area contributed by atoms with Gasteiger partial charge in [0.15, 0.2) is 0 Å². The molecular weight excluding hydrogens is 188 g/mol. The van der Waals surface area contributed by atoms with Gasteiger partial charge in [-0.05, 0) is 5.56 Å². The predicted octanol–water partition coefficient (Wildman–Crippen LogP) is 0.805. The molecule has 0 amide bonds. The van der Waals surface area contributed by atoms with Gasteiger partial charge in [-0.15, -0.1) is 5.10 Å². The van der Waals surface area contributed by atoms with Gasteiger partial charge in [0.25, 0.3) is 0 Å². The zero-order chi connectivity index (χ0) is 10.8. The summed E-state index contributed by atoms with van der Waals surface area (Å²) >= 11 is 0. The molecule has 4 nitrogen and oxygen atoms in total. The molecule has 2 N–H and O–H groups in total. The third-order valence-corrected chi connectivity index (χ3v) is 2.48. The van der Waals surface area contributed by atoms with E-state index in [1.54, 1.807) is 0 Å². The van der Waals surface area contributed by atoms with Crippen molar-refractivity contribution >= 4 is 0 Å². The van der Waals surface area contributed by atoms with Crippen molar-refractivity contribution in [3.8, 4) is 11.3 Å². The van der Waals surface area contributed by atoms with Crippen molar-refractivity contribution in [2.45, 2.75) is 0 Å². The fourth-order valence-electron chi connectivity index (χ4n) is 1.73. The molecular formula is C11H14N4. The highest BCUT2D eigenvalue weighted by Gasteiger charge is 2.05. The lowest BCUT2D eigenvalue weighted by atomic mass is 10.2. The Morgan fingerprint density at radius 3 is 2.33 bits per heavy atom. The van der Waals surface area contributed by atoms with Crippen LogP contribution in [0.25, 0.3) is 11.3 Å². The lowest BCUT2D eigenvalue weighted by Crippen LogP contribution is -2.23. The van der Waals surface area contributed by atoms with E-state index < -0.39 is 0 Å². The quantitative estimate of drug-likeness (QED) is 0.540. The van der Waals surface area contributed by atoms with Gasteiger partial charge in [0, 0.05) is 20.3 Å². The fraction of sp³-hybridized carbons (Fsp3) is 0.182. The second-order valence-electron chi connectivity index (χ2n) is 3.48. The molecule has 0 aliphatic rings. The van der Waals surface area contributed by atoms with Crippen LogP contribution in [0.2, 0.25) is 0 Å². The van der Waals surface area contributed by atoms with Gasteiger partial charge < -0.3 is 15.0 Å². The summed E-state index contributed by atoms with van der Waals surface area (Å²) in [6.45, 7) is 0. The molecule has 0 saturated heterocycles. The highest BCUT2D eigenvalue weighted by Crippen LogP contribution is 2.15. The average molecular weight is 202 g/mol. The Bertz CT molecular complexity index is 519. The van der Waals surface area contributed by atoms with Gasteiger partial charge in [-0.2, -0.15) is 0 Å². The number of aromatic nitrogens is 2. The van der Waals surface area contributed by atoms with E-state index in [4.69, 9.17) is 5.84 Å². The lowest BCUT2D eigenvalue weighted by Gasteiger charge is -2.00. The van der Waals surface area contributed by atoms with Crippen LogP contribution in [0, 0.1) is 0 Å². The smallest absolute Gasteiger partial charge is 0.226 e. The molecule has 0 bridgehead atoms. The van der Waals surface area contributed by atoms with Crippen LogP contribution < -0.4 is 11.5 Å². The number of rotatable bonds is 1. The maximum absolute atomic E-state index is 5.33. The number of benzene rings is 1. The first-order valence-corrected chi connectivity index (χ1v) is 4.75. The number of nitrogens with two attached hydrogens (primary N) is 1. The van der Waals surface area contributed by atoms with Gasteiger partial charge in [-0.25, -0.2) is 0 Å². The number of nitrogens with zero attached hydrogens (tertiary/aromatic N) is 3. The van der Waals surface area contributed by atoms with Crippen molar-refractivity contribution in [3.05, 3.63) is 42.1 Å². The van der Waals surface area contributed by atoms with Crippen LogP contribution >= 0.6 is 0 Å². The highest BCUT2D eigenvalue weighted by molar-refractivity contribution is 5.58. The summed E-state index contributed by atoms with van der Waals surface area (Å²) in [5, 5.41) is 3.74. The van der Waals surface area contributed by atoms with Crippen LogP contribution in [0.4, 0.5) is 0 Å². The summed E-state index contributed by atoms with van der Waals surface area (Å²) in [4.78, 5) is 0. The molecule has 2 aromatic rings. The van der Waals surface area contributed by atoms with Crippen LogP contribution in [-0.2, 0) is 14.1 Å². The molecule has 1 aromatic carbocycles. The summed E-state index contributed by atoms with van der Waals surface area (Å²) in [7, 11) is 3.88. The number of imidazole rings is 1. The van der Waals surface area contributed by atoms with E-state index in [1.165, 1.54) is 0 Å². The van der Waals surface area contributed by atoms with Gasteiger partial charge in [0.2, 0.25) is 5.62 Å². The summed E-state index contributed by atoms with van der Waals surface area (Å²) in [5.41, 5.74) is 3.00. The zero-order valence-electron chi connectivity index (χ0n) is 8.88. The van der Waals surface area contributed by atoms with Gasteiger partial charge >= 0.3 is 0 Å². The normalized spacial score (nSPS) is 12.0. The topological polar surface area (TPSA) is 48.2 Å². The summed E-state index contributed by atoms with van der Waals surface area (Å²) in [6.07, 6.45) is 2.01. The molecule has 78 valence electrons. The molecule has 15 heavy (non-hydrogen) atoms. The van der Waals surface area contributed by atoms with Gasteiger partial charge in [0.05, 0.1) is 5.69 Å². The van der Waals surface area contributed by atoms with Crippen LogP contribution in [0.5, 0.6) is 0 Å². The molecule has 2 rings (SSSR count). The standard InChI is InChI=1S/C11H14N4/c1-14-8-10(15(2)11(14)13-12)9-6-4-3-5-7-9/h3-8H,12H2,1-2H3. The van der Waals surface area contributed by atoms with E-state index >= 15 is 0 Å². The average Bonchev–Trinajstić information content (AvgIpc) is 2.55. The van der Waals surface area contributed by atoms with Crippen molar-refractivity contribution in [3.63, 3.8) is 0 Å². The van der Waals surface area contributed by atoms with E-state index in [-0.39, 0.29) is 0 Å². The fourth-order valence-corrected chi connectivity index (χ4v) is 1.73. The van der Waals surface area contributed by atoms with Crippen molar-refractivity contribution in [2.24, 2.45) is 25.0 Å². The Balaban J connectivity index is 2.66. The van der Waals surface area contributed by atoms with E-state index in [9.17, 15) is 0 Å². The first-order valence-electron chi connectivity index (χ1n) is 4.75. The predicted molar refractivity (Wildman–Crippen MR) is 59.6 cm³/mol. The van der Waals surface area contributed by atoms with Crippen LogP contribution in [0.3, 0.4) is 0 Å². The SMILES string of the molecule is Cn1cc(-c2ccccc2)n(C)c1=NN. The Morgan fingerprint density at radius 2 is 1.80 bits per heavy atom. The second kappa shape index (κ2) is 3.65. The number of hydrogen-bond donors (Lipinski definition) is 1. The molecule has 0 spiro atoms. The van der Waals surface area contributed by atoms with E-state index in [1.807, 2.05) is 47.6 Å². The van der Waals surface area contributed by atoms with E-state index in [0.717, 1.165) is 16.9 Å². The van der Waals surface area contributed by atoms with Gasteiger partial charge in [-0.1, -0.05) is 30.3 Å². The Morgan fingerprint density at radius 1 is 1.13 bits per heavy atom. The van der Waals surface area contributed by atoms with E-state index in [2.05, 4.69) is 17.2 Å². The number of hydrogen-bond acceptors (Lipinski definition) is 2. The summed E-state index contributed by atoms with van der Waals surface area (Å²) < 4.78 is 3.87. The Kier molecular flexibility index (Phi) is 2.33. The minimum atomic E-state index is 0.744. The van der Waals surface area contributed by atoms with Crippen LogP contribution in [0.15, 0.2) is 41.6 Å². The lowest BCUT2D eigenvalue weighted by molar-refractivity contribution is 0.729. The molecule has 0 atom stereocenters. The summed E-state index contributed by atoms with van der Waals surface area (Å²) in [5.74, 6) is 5.33. The molecule has 1 heterocycles. The Labute approximate surface area is 88.3 Å². The van der Waals surface area contributed by atoms with Crippen LogP contribution in [0.1, 0.15) is 0 Å². The van der Waals surface area contributed by atoms with E-state index in [0.29, 0.717) is 0 Å². The molecule has 4 heteroatoms.